The highest BCUT2D eigenvalue weighted by Gasteiger charge is 2.37. The predicted octanol–water partition coefficient (Wildman–Crippen LogP) is 1.59. The summed E-state index contributed by atoms with van der Waals surface area (Å²) < 4.78 is 11.2. The minimum Gasteiger partial charge on any atom is -0.454 e. The van der Waals surface area contributed by atoms with Gasteiger partial charge in [0.15, 0.2) is 11.5 Å². The third-order valence-corrected chi connectivity index (χ3v) is 6.03. The summed E-state index contributed by atoms with van der Waals surface area (Å²) in [5.41, 5.74) is 4.92. The van der Waals surface area contributed by atoms with Crippen molar-refractivity contribution in [1.29, 1.82) is 0 Å². The molecule has 5 nitrogen and oxygen atoms in total. The maximum absolute atomic E-state index is 5.65. The molecule has 1 atom stereocenters. The van der Waals surface area contributed by atoms with Crippen molar-refractivity contribution >= 4 is 11.3 Å². The summed E-state index contributed by atoms with van der Waals surface area (Å²) in [6.07, 6.45) is 1.05. The number of rotatable bonds is 1. The zero-order valence-electron chi connectivity index (χ0n) is 15.3. The SMILES string of the molecule is CN1CCN2C(c3ccc4c(c3)OCO4)=C3N=c4ccccc4=C3CC2C1. The molecule has 0 bridgehead atoms. The van der Waals surface area contributed by atoms with Crippen LogP contribution in [-0.4, -0.2) is 49.3 Å². The van der Waals surface area contributed by atoms with Gasteiger partial charge >= 0.3 is 0 Å². The van der Waals surface area contributed by atoms with E-state index < -0.39 is 0 Å². The Hall–Kier alpha value is -2.79. The Labute approximate surface area is 157 Å². The first-order valence-corrected chi connectivity index (χ1v) is 9.55. The fourth-order valence-corrected chi connectivity index (χ4v) is 4.74. The highest BCUT2D eigenvalue weighted by molar-refractivity contribution is 5.85. The van der Waals surface area contributed by atoms with Crippen molar-refractivity contribution < 1.29 is 9.47 Å². The molecule has 0 spiro atoms. The first-order valence-electron chi connectivity index (χ1n) is 9.55. The van der Waals surface area contributed by atoms with Crippen LogP contribution in [0.1, 0.15) is 12.0 Å². The lowest BCUT2D eigenvalue weighted by molar-refractivity contribution is 0.141. The van der Waals surface area contributed by atoms with E-state index >= 15 is 0 Å². The molecule has 27 heavy (non-hydrogen) atoms. The van der Waals surface area contributed by atoms with E-state index in [4.69, 9.17) is 14.5 Å². The van der Waals surface area contributed by atoms with Crippen molar-refractivity contribution in [3.63, 3.8) is 0 Å². The summed E-state index contributed by atoms with van der Waals surface area (Å²) in [5.74, 6) is 1.65. The van der Waals surface area contributed by atoms with E-state index in [0.29, 0.717) is 12.8 Å². The van der Waals surface area contributed by atoms with Crippen LogP contribution in [0.3, 0.4) is 0 Å². The Morgan fingerprint density at radius 1 is 1.04 bits per heavy atom. The van der Waals surface area contributed by atoms with E-state index in [1.165, 1.54) is 16.5 Å². The predicted molar refractivity (Wildman–Crippen MR) is 103 cm³/mol. The van der Waals surface area contributed by atoms with Crippen LogP contribution in [-0.2, 0) is 0 Å². The van der Waals surface area contributed by atoms with Crippen molar-refractivity contribution in [3.8, 4) is 11.5 Å². The number of hydrogen-bond acceptors (Lipinski definition) is 5. The Morgan fingerprint density at radius 2 is 1.93 bits per heavy atom. The van der Waals surface area contributed by atoms with Crippen molar-refractivity contribution in [2.75, 3.05) is 33.5 Å². The molecule has 1 unspecified atom stereocenters. The topological polar surface area (TPSA) is 37.3 Å². The number of fused-ring (bicyclic) bond motifs is 4. The summed E-state index contributed by atoms with van der Waals surface area (Å²) in [5, 5.41) is 2.38. The Balaban J connectivity index is 1.60. The van der Waals surface area contributed by atoms with Gasteiger partial charge in [0.2, 0.25) is 6.79 Å². The van der Waals surface area contributed by atoms with Crippen LogP contribution in [0.15, 0.2) is 53.2 Å². The minimum absolute atomic E-state index is 0.301. The largest absolute Gasteiger partial charge is 0.454 e. The average molecular weight is 359 g/mol. The van der Waals surface area contributed by atoms with Crippen molar-refractivity contribution in [2.24, 2.45) is 4.99 Å². The van der Waals surface area contributed by atoms with Gasteiger partial charge in [-0.2, -0.15) is 0 Å². The minimum atomic E-state index is 0.301. The van der Waals surface area contributed by atoms with Gasteiger partial charge in [-0.3, -0.25) is 0 Å². The summed E-state index contributed by atoms with van der Waals surface area (Å²) in [6.45, 7) is 3.47. The number of hydrogen-bond donors (Lipinski definition) is 0. The van der Waals surface area contributed by atoms with E-state index in [1.807, 2.05) is 6.07 Å². The number of piperazine rings is 1. The number of benzene rings is 2. The molecule has 2 aromatic carbocycles. The number of ether oxygens (including phenoxy) is 2. The molecular formula is C22H21N3O2. The highest BCUT2D eigenvalue weighted by atomic mass is 16.7. The van der Waals surface area contributed by atoms with Gasteiger partial charge < -0.3 is 19.3 Å². The molecule has 0 amide bonds. The number of likely N-dealkylation sites (N-methyl/N-ethyl adjacent to an activating group) is 1. The van der Waals surface area contributed by atoms with Gasteiger partial charge in [0.05, 0.1) is 16.8 Å². The number of para-hydroxylation sites is 1. The standard InChI is InChI=1S/C22H21N3O2/c1-24-8-9-25-15(12-24)11-17-16-4-2-3-5-18(16)23-21(17)22(25)14-6-7-19-20(10-14)27-13-26-19/h2-7,10,15H,8-9,11-13H2,1H3. The second kappa shape index (κ2) is 5.60. The van der Waals surface area contributed by atoms with Crippen LogP contribution in [0.2, 0.25) is 0 Å². The lowest BCUT2D eigenvalue weighted by atomic mass is 9.90. The Kier molecular flexibility index (Phi) is 3.17. The smallest absolute Gasteiger partial charge is 0.231 e. The Bertz CT molecular complexity index is 1100. The van der Waals surface area contributed by atoms with Crippen LogP contribution in [0, 0.1) is 0 Å². The Morgan fingerprint density at radius 3 is 2.89 bits per heavy atom. The zero-order chi connectivity index (χ0) is 18.0. The average Bonchev–Trinajstić information content (AvgIpc) is 3.29. The lowest BCUT2D eigenvalue weighted by Crippen LogP contribution is -2.52. The summed E-state index contributed by atoms with van der Waals surface area (Å²) in [6, 6.07) is 15.3. The molecule has 0 saturated carbocycles. The summed E-state index contributed by atoms with van der Waals surface area (Å²) >= 11 is 0. The molecule has 0 aromatic heterocycles. The maximum atomic E-state index is 5.65. The van der Waals surface area contributed by atoms with E-state index in [1.54, 1.807) is 0 Å². The van der Waals surface area contributed by atoms with Gasteiger partial charge in [-0.1, -0.05) is 18.2 Å². The third-order valence-electron chi connectivity index (χ3n) is 6.03. The van der Waals surface area contributed by atoms with Crippen LogP contribution in [0.5, 0.6) is 11.5 Å². The van der Waals surface area contributed by atoms with Crippen molar-refractivity contribution in [3.05, 3.63) is 64.3 Å². The van der Waals surface area contributed by atoms with Gasteiger partial charge in [-0.15, -0.1) is 0 Å². The molecule has 4 aliphatic heterocycles. The lowest BCUT2D eigenvalue weighted by Gasteiger charge is -2.46. The van der Waals surface area contributed by atoms with Crippen LogP contribution in [0.4, 0.5) is 0 Å². The molecule has 1 saturated heterocycles. The molecule has 136 valence electrons. The molecule has 0 radical (unpaired) electrons. The zero-order valence-corrected chi connectivity index (χ0v) is 15.3. The first kappa shape index (κ1) is 15.3. The molecule has 5 heteroatoms. The van der Waals surface area contributed by atoms with Crippen LogP contribution < -0.4 is 20.0 Å². The van der Waals surface area contributed by atoms with Crippen LogP contribution >= 0.6 is 0 Å². The maximum Gasteiger partial charge on any atom is 0.231 e. The molecule has 4 aliphatic rings. The highest BCUT2D eigenvalue weighted by Crippen LogP contribution is 2.42. The monoisotopic (exact) mass is 359 g/mol. The van der Waals surface area contributed by atoms with Gasteiger partial charge in [-0.05, 0) is 43.3 Å². The van der Waals surface area contributed by atoms with E-state index in [0.717, 1.165) is 54.2 Å². The van der Waals surface area contributed by atoms with Gasteiger partial charge in [-0.25, -0.2) is 4.99 Å². The quantitative estimate of drug-likeness (QED) is 0.775. The van der Waals surface area contributed by atoms with Gasteiger partial charge in [0.25, 0.3) is 0 Å². The molecule has 0 aliphatic carbocycles. The van der Waals surface area contributed by atoms with Gasteiger partial charge in [0.1, 0.15) is 0 Å². The summed E-state index contributed by atoms with van der Waals surface area (Å²) in [7, 11) is 2.22. The molecule has 1 fully saturated rings. The fourth-order valence-electron chi connectivity index (χ4n) is 4.74. The second-order valence-corrected chi connectivity index (χ2v) is 7.69. The van der Waals surface area contributed by atoms with Gasteiger partial charge in [0, 0.05) is 36.5 Å². The van der Waals surface area contributed by atoms with E-state index in [-0.39, 0.29) is 0 Å². The van der Waals surface area contributed by atoms with Crippen molar-refractivity contribution in [2.45, 2.75) is 12.5 Å². The first-order chi connectivity index (χ1) is 13.3. The summed E-state index contributed by atoms with van der Waals surface area (Å²) in [4.78, 5) is 10.0. The molecular weight excluding hydrogens is 338 g/mol. The number of nitrogens with zero attached hydrogens (tertiary/aromatic N) is 3. The molecule has 0 N–H and O–H groups in total. The van der Waals surface area contributed by atoms with Crippen LogP contribution in [0.25, 0.3) is 11.3 Å². The van der Waals surface area contributed by atoms with E-state index in [9.17, 15) is 0 Å². The third kappa shape index (κ3) is 2.24. The molecule has 2 aromatic rings. The molecule has 4 heterocycles. The number of allylic oxidation sites excluding steroid dienone is 1. The van der Waals surface area contributed by atoms with Crippen molar-refractivity contribution in [1.82, 2.24) is 9.80 Å². The normalized spacial score (nSPS) is 23.1. The molecule has 6 rings (SSSR count). The van der Waals surface area contributed by atoms with E-state index in [2.05, 4.69) is 53.2 Å². The second-order valence-electron chi connectivity index (χ2n) is 7.69. The fraction of sp³-hybridized carbons (Fsp3) is 0.318.